The van der Waals surface area contributed by atoms with Crippen LogP contribution in [0.1, 0.15) is 6.42 Å². The second-order valence-corrected chi connectivity index (χ2v) is 17.2. The van der Waals surface area contributed by atoms with Crippen LogP contribution in [0.25, 0.3) is 41.6 Å². The predicted molar refractivity (Wildman–Crippen MR) is 227 cm³/mol. The molecule has 0 unspecified atom stereocenters. The molecule has 53 heavy (non-hydrogen) atoms. The Kier molecular flexibility index (Phi) is 7.43. The summed E-state index contributed by atoms with van der Waals surface area (Å²) in [4.78, 5) is 20.0. The number of nitrogens with zero attached hydrogens (tertiary/aromatic N) is 4. The molecule has 0 saturated heterocycles. The molecule has 11 rings (SSSR count). The molecule has 252 valence electrons. The Hall–Kier alpha value is -5.38. The zero-order valence-corrected chi connectivity index (χ0v) is 31.4. The van der Waals surface area contributed by atoms with E-state index in [2.05, 4.69) is 168 Å². The number of allylic oxidation sites excluding steroid dienone is 4. The van der Waals surface area contributed by atoms with Gasteiger partial charge in [0.25, 0.3) is 0 Å². The molecule has 0 N–H and O–H groups in total. The average Bonchev–Trinajstić information content (AvgIpc) is 3.74. The molecule has 0 amide bonds. The van der Waals surface area contributed by atoms with Crippen molar-refractivity contribution in [1.29, 1.82) is 0 Å². The minimum absolute atomic E-state index is 0.944. The molecule has 0 bridgehead atoms. The predicted octanol–water partition coefficient (Wildman–Crippen LogP) is 14.1. The van der Waals surface area contributed by atoms with Crippen LogP contribution < -0.4 is 9.80 Å². The molecule has 0 saturated carbocycles. The Bertz CT molecular complexity index is 2730. The Morgan fingerprint density at radius 2 is 0.943 bits per heavy atom. The minimum Gasteiger partial charge on any atom is -0.308 e. The fourth-order valence-electron chi connectivity index (χ4n) is 7.21. The van der Waals surface area contributed by atoms with Crippen LogP contribution in [0.5, 0.6) is 0 Å². The average molecular weight is 753 g/mol. The van der Waals surface area contributed by atoms with E-state index in [1.807, 2.05) is 23.5 Å². The van der Waals surface area contributed by atoms with Gasteiger partial charge in [0.05, 0.1) is 43.2 Å². The van der Waals surface area contributed by atoms with Gasteiger partial charge in [0.15, 0.2) is 0 Å². The third-order valence-electron chi connectivity index (χ3n) is 9.71. The molecule has 0 atom stereocenters. The van der Waals surface area contributed by atoms with Crippen LogP contribution in [0.15, 0.2) is 183 Å². The molecule has 0 fully saturated rings. The number of fused-ring (bicyclic) bond motifs is 5. The Balaban J connectivity index is 0.884. The summed E-state index contributed by atoms with van der Waals surface area (Å²) in [6, 6.07) is 48.0. The standard InChI is InChI=1S/C45H28N4S4/c1-2-10-34-38(14-3-1)50-39-15-7-4-11-35(39)48(34)30-22-18-28(19-23-30)44-46-32-26-43-33(27-42(32)52-44)47-45(53-43)29-20-24-31(25-21-29)49-36-12-5-8-16-40(36)51-41-17-9-6-13-37(41)49/h2-27H,1H2. The number of anilines is 5. The number of rotatable bonds is 4. The van der Waals surface area contributed by atoms with Gasteiger partial charge in [0.2, 0.25) is 0 Å². The lowest BCUT2D eigenvalue weighted by molar-refractivity contribution is 1.15. The highest BCUT2D eigenvalue weighted by molar-refractivity contribution is 8.03. The van der Waals surface area contributed by atoms with Crippen molar-refractivity contribution in [3.05, 3.63) is 168 Å². The van der Waals surface area contributed by atoms with E-state index in [4.69, 9.17) is 9.97 Å². The van der Waals surface area contributed by atoms with E-state index < -0.39 is 0 Å². The fraction of sp³-hybridized carbons (Fsp3) is 0.0222. The summed E-state index contributed by atoms with van der Waals surface area (Å²) in [7, 11) is 0. The first-order valence-corrected chi connectivity index (χ1v) is 20.7. The van der Waals surface area contributed by atoms with E-state index >= 15 is 0 Å². The van der Waals surface area contributed by atoms with E-state index in [1.165, 1.54) is 42.4 Å². The van der Waals surface area contributed by atoms with Crippen LogP contribution in [0.3, 0.4) is 0 Å². The number of para-hydroxylation sites is 3. The first-order chi connectivity index (χ1) is 26.2. The zero-order valence-electron chi connectivity index (χ0n) is 28.1. The van der Waals surface area contributed by atoms with Crippen LogP contribution in [-0.4, -0.2) is 9.97 Å². The fourth-order valence-corrected chi connectivity index (χ4v) is 11.3. The van der Waals surface area contributed by atoms with Crippen molar-refractivity contribution in [2.75, 3.05) is 9.80 Å². The molecule has 1 aliphatic carbocycles. The highest BCUT2D eigenvalue weighted by atomic mass is 32.2. The van der Waals surface area contributed by atoms with E-state index in [1.54, 1.807) is 22.7 Å². The summed E-state index contributed by atoms with van der Waals surface area (Å²) in [5.74, 6) is 0. The lowest BCUT2D eigenvalue weighted by Gasteiger charge is -2.33. The molecule has 4 nitrogen and oxygen atoms in total. The first kappa shape index (κ1) is 31.2. The monoisotopic (exact) mass is 752 g/mol. The highest BCUT2D eigenvalue weighted by Crippen LogP contribution is 2.52. The number of hydrogen-bond donors (Lipinski definition) is 0. The Morgan fingerprint density at radius 3 is 1.51 bits per heavy atom. The van der Waals surface area contributed by atoms with Crippen LogP contribution >= 0.6 is 46.2 Å². The Labute approximate surface area is 323 Å². The van der Waals surface area contributed by atoms with Crippen molar-refractivity contribution >= 4 is 95.1 Å². The zero-order chi connectivity index (χ0) is 34.9. The molecule has 0 spiro atoms. The SMILES string of the molecule is C1=CC2=C(C=CC1)N(c1ccc(-c3nc4cc5sc(-c6ccc(N7c8ccccc8Sc8ccccc87)cc6)nc5cc4s3)cc1)c1ccccc1S2. The quantitative estimate of drug-likeness (QED) is 0.178. The maximum atomic E-state index is 5.12. The lowest BCUT2D eigenvalue weighted by Crippen LogP contribution is -2.19. The number of hydrogen-bond acceptors (Lipinski definition) is 8. The third-order valence-corrected chi connectivity index (χ3v) is 14.1. The summed E-state index contributed by atoms with van der Waals surface area (Å²) in [6.45, 7) is 0. The molecule has 8 aromatic rings. The summed E-state index contributed by atoms with van der Waals surface area (Å²) in [5.41, 5.74) is 11.4. The highest BCUT2D eigenvalue weighted by Gasteiger charge is 2.26. The molecule has 4 heterocycles. The van der Waals surface area contributed by atoms with Crippen molar-refractivity contribution in [3.63, 3.8) is 0 Å². The number of benzene rings is 6. The van der Waals surface area contributed by atoms with Gasteiger partial charge in [0.1, 0.15) is 10.0 Å². The van der Waals surface area contributed by atoms with Gasteiger partial charge in [-0.25, -0.2) is 9.97 Å². The molecule has 8 heteroatoms. The van der Waals surface area contributed by atoms with E-state index in [0.717, 1.165) is 59.4 Å². The maximum absolute atomic E-state index is 5.12. The van der Waals surface area contributed by atoms with Gasteiger partial charge < -0.3 is 9.80 Å². The number of aromatic nitrogens is 2. The van der Waals surface area contributed by atoms with Gasteiger partial charge in [-0.3, -0.25) is 0 Å². The van der Waals surface area contributed by atoms with Crippen molar-refractivity contribution in [1.82, 2.24) is 9.97 Å². The van der Waals surface area contributed by atoms with Gasteiger partial charge in [-0.05, 0) is 116 Å². The maximum Gasteiger partial charge on any atom is 0.124 e. The van der Waals surface area contributed by atoms with Crippen LogP contribution in [-0.2, 0) is 0 Å². The molecular formula is C45H28N4S4. The van der Waals surface area contributed by atoms with Crippen molar-refractivity contribution < 1.29 is 0 Å². The Morgan fingerprint density at radius 1 is 0.472 bits per heavy atom. The van der Waals surface area contributed by atoms with Gasteiger partial charge in [0, 0.05) is 42.1 Å². The summed E-state index contributed by atoms with van der Waals surface area (Å²) < 4.78 is 2.30. The van der Waals surface area contributed by atoms with Gasteiger partial charge in [-0.2, -0.15) is 0 Å². The van der Waals surface area contributed by atoms with E-state index in [9.17, 15) is 0 Å². The van der Waals surface area contributed by atoms with Crippen molar-refractivity contribution in [2.24, 2.45) is 0 Å². The first-order valence-electron chi connectivity index (χ1n) is 17.5. The molecule has 2 aromatic heterocycles. The lowest BCUT2D eigenvalue weighted by atomic mass is 10.1. The second kappa shape index (κ2) is 12.6. The molecule has 3 aliphatic rings. The van der Waals surface area contributed by atoms with Crippen molar-refractivity contribution in [2.45, 2.75) is 21.1 Å². The van der Waals surface area contributed by atoms with E-state index in [0.29, 0.717) is 0 Å². The summed E-state index contributed by atoms with van der Waals surface area (Å²) in [6.07, 6.45) is 9.93. The smallest absolute Gasteiger partial charge is 0.124 e. The van der Waals surface area contributed by atoms with Crippen molar-refractivity contribution in [3.8, 4) is 21.1 Å². The largest absolute Gasteiger partial charge is 0.308 e. The molecule has 2 aliphatic heterocycles. The van der Waals surface area contributed by atoms with Crippen LogP contribution in [0.4, 0.5) is 28.4 Å². The van der Waals surface area contributed by atoms with Crippen LogP contribution in [0.2, 0.25) is 0 Å². The minimum atomic E-state index is 0.944. The van der Waals surface area contributed by atoms with Gasteiger partial charge in [-0.15, -0.1) is 22.7 Å². The summed E-state index contributed by atoms with van der Waals surface area (Å²) in [5, 5.41) is 2.04. The van der Waals surface area contributed by atoms with Gasteiger partial charge in [-0.1, -0.05) is 72.1 Å². The topological polar surface area (TPSA) is 32.3 Å². The number of thioether (sulfide) groups is 1. The van der Waals surface area contributed by atoms with E-state index in [-0.39, 0.29) is 0 Å². The van der Waals surface area contributed by atoms with Crippen LogP contribution in [0, 0.1) is 0 Å². The van der Waals surface area contributed by atoms with Gasteiger partial charge >= 0.3 is 0 Å². The molecule has 0 radical (unpaired) electrons. The molecule has 6 aromatic carbocycles. The number of thiazole rings is 2. The molecular weight excluding hydrogens is 725 g/mol. The third kappa shape index (κ3) is 5.36. The normalized spacial score (nSPS) is 14.6. The second-order valence-electron chi connectivity index (χ2n) is 13.0. The summed E-state index contributed by atoms with van der Waals surface area (Å²) >= 11 is 7.13.